The van der Waals surface area contributed by atoms with E-state index in [0.717, 1.165) is 11.8 Å². The fourth-order valence-corrected chi connectivity index (χ4v) is 2.36. The third-order valence-corrected chi connectivity index (χ3v) is 3.10. The zero-order chi connectivity index (χ0) is 13.1. The lowest BCUT2D eigenvalue weighted by Gasteiger charge is -2.09. The Hall–Kier alpha value is -1.86. The van der Waals surface area contributed by atoms with Gasteiger partial charge in [-0.15, -0.1) is 0 Å². The van der Waals surface area contributed by atoms with Crippen molar-refractivity contribution in [1.82, 2.24) is 15.0 Å². The largest absolute Gasteiger partial charge is 0.389 e. The number of aliphatic hydroxyl groups is 1. The van der Waals surface area contributed by atoms with Gasteiger partial charge in [-0.2, -0.15) is 0 Å². The number of nitrogens with one attached hydrogen (secondary N) is 1. The first-order chi connectivity index (χ1) is 8.56. The summed E-state index contributed by atoms with van der Waals surface area (Å²) in [5, 5.41) is 10.6. The van der Waals surface area contributed by atoms with E-state index in [9.17, 15) is 9.90 Å². The predicted molar refractivity (Wildman–Crippen MR) is 68.3 cm³/mol. The predicted octanol–water partition coefficient (Wildman–Crippen LogP) is 0.952. The Morgan fingerprint density at radius 2 is 2.33 bits per heavy atom. The van der Waals surface area contributed by atoms with Gasteiger partial charge in [-0.25, -0.2) is 9.97 Å². The maximum absolute atomic E-state index is 11.3. The first kappa shape index (κ1) is 12.6. The molecule has 1 unspecified atom stereocenters. The normalized spacial score (nSPS) is 12.3. The van der Waals surface area contributed by atoms with E-state index in [1.165, 1.54) is 6.07 Å². The Balaban J connectivity index is 2.37. The van der Waals surface area contributed by atoms with E-state index in [4.69, 9.17) is 5.73 Å². The van der Waals surface area contributed by atoms with E-state index in [0.29, 0.717) is 15.7 Å². The van der Waals surface area contributed by atoms with Crippen molar-refractivity contribution >= 4 is 17.6 Å². The molecule has 18 heavy (non-hydrogen) atoms. The molecule has 0 aliphatic carbocycles. The number of aromatic nitrogens is 3. The van der Waals surface area contributed by atoms with Gasteiger partial charge in [-0.05, 0) is 24.8 Å². The smallest absolute Gasteiger partial charge is 0.253 e. The van der Waals surface area contributed by atoms with Crippen LogP contribution in [0.3, 0.4) is 0 Å². The number of nitrogen functional groups attached to an aromatic ring is 1. The zero-order valence-electron chi connectivity index (χ0n) is 9.62. The maximum atomic E-state index is 11.3. The van der Waals surface area contributed by atoms with Gasteiger partial charge < -0.3 is 15.8 Å². The molecule has 0 saturated carbocycles. The molecule has 4 N–H and O–H groups in total. The first-order valence-electron chi connectivity index (χ1n) is 5.24. The van der Waals surface area contributed by atoms with Crippen LogP contribution in [0.25, 0.3) is 0 Å². The summed E-state index contributed by atoms with van der Waals surface area (Å²) in [6, 6.07) is 4.71. The summed E-state index contributed by atoms with van der Waals surface area (Å²) in [7, 11) is 0. The van der Waals surface area contributed by atoms with E-state index in [-0.39, 0.29) is 11.4 Å². The number of hydrogen-bond donors (Lipinski definition) is 3. The van der Waals surface area contributed by atoms with Crippen molar-refractivity contribution in [2.24, 2.45) is 0 Å². The van der Waals surface area contributed by atoms with Crippen molar-refractivity contribution in [3.8, 4) is 0 Å². The summed E-state index contributed by atoms with van der Waals surface area (Å²) in [6.07, 6.45) is 0.965. The fraction of sp³-hybridized carbons (Fsp3) is 0.182. The van der Waals surface area contributed by atoms with Crippen LogP contribution < -0.4 is 11.3 Å². The SMILES string of the molecule is CC(O)c1cccnc1Sc1nc(N)cc(=O)[nH]1. The summed E-state index contributed by atoms with van der Waals surface area (Å²) in [5.41, 5.74) is 5.85. The summed E-state index contributed by atoms with van der Waals surface area (Å²) in [5.74, 6) is 0.149. The number of nitrogens with zero attached hydrogens (tertiary/aromatic N) is 2. The molecule has 2 heterocycles. The molecule has 0 bridgehead atoms. The highest BCUT2D eigenvalue weighted by molar-refractivity contribution is 7.99. The molecular weight excluding hydrogens is 252 g/mol. The molecule has 94 valence electrons. The second-order valence-electron chi connectivity index (χ2n) is 3.65. The monoisotopic (exact) mass is 264 g/mol. The molecule has 2 aromatic rings. The Morgan fingerprint density at radius 1 is 1.56 bits per heavy atom. The van der Waals surface area contributed by atoms with Crippen LogP contribution in [0.2, 0.25) is 0 Å². The number of pyridine rings is 1. The zero-order valence-corrected chi connectivity index (χ0v) is 10.4. The quantitative estimate of drug-likeness (QED) is 0.713. The molecule has 0 saturated heterocycles. The highest BCUT2D eigenvalue weighted by Crippen LogP contribution is 2.28. The summed E-state index contributed by atoms with van der Waals surface area (Å²) < 4.78 is 0. The highest BCUT2D eigenvalue weighted by Gasteiger charge is 2.11. The van der Waals surface area contributed by atoms with E-state index in [1.54, 1.807) is 25.3 Å². The molecule has 0 spiro atoms. The Bertz CT molecular complexity index is 612. The van der Waals surface area contributed by atoms with Crippen molar-refractivity contribution in [1.29, 1.82) is 0 Å². The van der Waals surface area contributed by atoms with Crippen LogP contribution in [-0.2, 0) is 0 Å². The molecule has 7 heteroatoms. The van der Waals surface area contributed by atoms with Crippen molar-refractivity contribution in [2.45, 2.75) is 23.2 Å². The van der Waals surface area contributed by atoms with E-state index in [2.05, 4.69) is 15.0 Å². The van der Waals surface area contributed by atoms with Gasteiger partial charge >= 0.3 is 0 Å². The third-order valence-electron chi connectivity index (χ3n) is 2.18. The van der Waals surface area contributed by atoms with E-state index < -0.39 is 6.10 Å². The van der Waals surface area contributed by atoms with Crippen LogP contribution in [-0.4, -0.2) is 20.1 Å². The minimum atomic E-state index is -0.644. The van der Waals surface area contributed by atoms with Gasteiger partial charge in [-0.1, -0.05) is 6.07 Å². The van der Waals surface area contributed by atoms with Gasteiger partial charge in [0.2, 0.25) is 0 Å². The van der Waals surface area contributed by atoms with Crippen LogP contribution in [0, 0.1) is 0 Å². The average Bonchev–Trinajstić information content (AvgIpc) is 2.27. The van der Waals surface area contributed by atoms with E-state index in [1.807, 2.05) is 0 Å². The van der Waals surface area contributed by atoms with Gasteiger partial charge in [0.15, 0.2) is 5.16 Å². The minimum absolute atomic E-state index is 0.149. The van der Waals surface area contributed by atoms with Crippen LogP contribution in [0.5, 0.6) is 0 Å². The Morgan fingerprint density at radius 3 is 3.00 bits per heavy atom. The second-order valence-corrected chi connectivity index (χ2v) is 4.63. The standard InChI is InChI=1S/C11H12N4O2S/c1-6(16)7-3-2-4-13-10(7)18-11-14-8(12)5-9(17)15-11/h2-6,16H,1H3,(H3,12,14,15,17). The van der Waals surface area contributed by atoms with Gasteiger partial charge in [0.25, 0.3) is 5.56 Å². The molecule has 2 aromatic heterocycles. The van der Waals surface area contributed by atoms with Gasteiger partial charge in [-0.3, -0.25) is 4.79 Å². The number of anilines is 1. The minimum Gasteiger partial charge on any atom is -0.389 e. The molecule has 0 fully saturated rings. The molecule has 0 aromatic carbocycles. The van der Waals surface area contributed by atoms with Crippen molar-refractivity contribution in [3.05, 3.63) is 40.3 Å². The number of aromatic amines is 1. The Kier molecular flexibility index (Phi) is 3.63. The van der Waals surface area contributed by atoms with E-state index >= 15 is 0 Å². The molecule has 0 aliphatic heterocycles. The summed E-state index contributed by atoms with van der Waals surface area (Å²) in [4.78, 5) is 22.0. The topological polar surface area (TPSA) is 105 Å². The number of hydrogen-bond acceptors (Lipinski definition) is 6. The summed E-state index contributed by atoms with van der Waals surface area (Å²) >= 11 is 1.15. The van der Waals surface area contributed by atoms with Crippen LogP contribution in [0.15, 0.2) is 39.4 Å². The second kappa shape index (κ2) is 5.19. The third kappa shape index (κ3) is 2.88. The number of nitrogens with two attached hydrogens (primary N) is 1. The Labute approximate surface area is 107 Å². The van der Waals surface area contributed by atoms with Crippen LogP contribution in [0.1, 0.15) is 18.6 Å². The molecule has 0 amide bonds. The molecule has 0 radical (unpaired) electrons. The molecule has 2 rings (SSSR count). The lowest BCUT2D eigenvalue weighted by molar-refractivity contribution is 0.195. The van der Waals surface area contributed by atoms with Crippen LogP contribution >= 0.6 is 11.8 Å². The molecule has 1 atom stereocenters. The molecular formula is C11H12N4O2S. The van der Waals surface area contributed by atoms with Crippen LogP contribution in [0.4, 0.5) is 5.82 Å². The summed E-state index contributed by atoms with van der Waals surface area (Å²) in [6.45, 7) is 1.65. The van der Waals surface area contributed by atoms with Gasteiger partial charge in [0, 0.05) is 17.8 Å². The maximum Gasteiger partial charge on any atom is 0.253 e. The number of rotatable bonds is 3. The first-order valence-corrected chi connectivity index (χ1v) is 6.05. The average molecular weight is 264 g/mol. The van der Waals surface area contributed by atoms with Crippen molar-refractivity contribution < 1.29 is 5.11 Å². The number of H-pyrrole nitrogens is 1. The molecule has 0 aliphatic rings. The van der Waals surface area contributed by atoms with Crippen molar-refractivity contribution in [2.75, 3.05) is 5.73 Å². The number of aliphatic hydroxyl groups excluding tert-OH is 1. The lowest BCUT2D eigenvalue weighted by Crippen LogP contribution is -2.09. The van der Waals surface area contributed by atoms with Gasteiger partial charge in [0.05, 0.1) is 6.10 Å². The fourth-order valence-electron chi connectivity index (χ4n) is 1.40. The molecule has 6 nitrogen and oxygen atoms in total. The van der Waals surface area contributed by atoms with Gasteiger partial charge in [0.1, 0.15) is 10.8 Å². The van der Waals surface area contributed by atoms with Crippen molar-refractivity contribution in [3.63, 3.8) is 0 Å². The lowest BCUT2D eigenvalue weighted by atomic mass is 10.2. The highest BCUT2D eigenvalue weighted by atomic mass is 32.2.